The highest BCUT2D eigenvalue weighted by molar-refractivity contribution is 5.93. The molecule has 1 aromatic rings. The Hall–Kier alpha value is -2.07. The maximum atomic E-state index is 11.2. The van der Waals surface area contributed by atoms with Gasteiger partial charge in [-0.3, -0.25) is 4.79 Å². The molecule has 0 fully saturated rings. The van der Waals surface area contributed by atoms with Gasteiger partial charge in [0.2, 0.25) is 5.91 Å². The average Bonchev–Trinajstić information content (AvgIpc) is 2.45. The minimum Gasteiger partial charge on any atom is -0.398 e. The second-order valence-corrected chi connectivity index (χ2v) is 5.28. The van der Waals surface area contributed by atoms with Crippen molar-refractivity contribution in [3.05, 3.63) is 52.6 Å². The van der Waals surface area contributed by atoms with E-state index in [-0.39, 0.29) is 6.61 Å². The fourth-order valence-electron chi connectivity index (χ4n) is 1.93. The van der Waals surface area contributed by atoms with E-state index in [0.29, 0.717) is 17.7 Å². The fraction of sp³-hybridized carbons (Fsp3) is 0.353. The van der Waals surface area contributed by atoms with Crippen LogP contribution in [0.2, 0.25) is 0 Å². The Balaban J connectivity index is 2.66. The number of amides is 1. The molecular weight excluding hydrogens is 264 g/mol. The predicted molar refractivity (Wildman–Crippen MR) is 86.9 cm³/mol. The van der Waals surface area contributed by atoms with Crippen molar-refractivity contribution in [2.24, 2.45) is 5.73 Å². The third kappa shape index (κ3) is 5.83. The quantitative estimate of drug-likeness (QED) is 0.532. The maximum Gasteiger partial charge on any atom is 0.248 e. The molecular formula is C17H24N2O2. The number of carbonyl (C=O) groups is 1. The summed E-state index contributed by atoms with van der Waals surface area (Å²) < 4.78 is 0. The lowest BCUT2D eigenvalue weighted by Crippen LogP contribution is -2.11. The molecule has 0 radical (unpaired) electrons. The van der Waals surface area contributed by atoms with E-state index < -0.39 is 5.91 Å². The first-order valence-electron chi connectivity index (χ1n) is 7.04. The summed E-state index contributed by atoms with van der Waals surface area (Å²) in [5.74, 6) is -0.443. The number of rotatable bonds is 7. The summed E-state index contributed by atoms with van der Waals surface area (Å²) in [7, 11) is 0. The van der Waals surface area contributed by atoms with Gasteiger partial charge in [-0.2, -0.15) is 0 Å². The van der Waals surface area contributed by atoms with Gasteiger partial charge in [0.05, 0.1) is 6.61 Å². The molecule has 5 N–H and O–H groups in total. The molecule has 4 heteroatoms. The number of hydrogen-bond acceptors (Lipinski definition) is 3. The van der Waals surface area contributed by atoms with Crippen LogP contribution in [0.3, 0.4) is 0 Å². The van der Waals surface area contributed by atoms with Crippen molar-refractivity contribution in [1.29, 1.82) is 0 Å². The Morgan fingerprint density at radius 1 is 1.24 bits per heavy atom. The van der Waals surface area contributed by atoms with E-state index in [2.05, 4.69) is 13.0 Å². The van der Waals surface area contributed by atoms with E-state index >= 15 is 0 Å². The molecule has 0 atom stereocenters. The molecule has 4 nitrogen and oxygen atoms in total. The highest BCUT2D eigenvalue weighted by atomic mass is 16.3. The Labute approximate surface area is 126 Å². The summed E-state index contributed by atoms with van der Waals surface area (Å²) in [6.45, 7) is 4.09. The fourth-order valence-corrected chi connectivity index (χ4v) is 1.93. The topological polar surface area (TPSA) is 89.3 Å². The monoisotopic (exact) mass is 288 g/mol. The molecule has 0 saturated carbocycles. The van der Waals surface area contributed by atoms with Crippen LogP contribution in [0.15, 0.2) is 41.5 Å². The van der Waals surface area contributed by atoms with Crippen LogP contribution in [0.25, 0.3) is 0 Å². The third-order valence-corrected chi connectivity index (χ3v) is 3.38. The summed E-state index contributed by atoms with van der Waals surface area (Å²) in [4.78, 5) is 11.2. The van der Waals surface area contributed by atoms with Crippen molar-refractivity contribution >= 4 is 11.6 Å². The number of carbonyl (C=O) groups excluding carboxylic acids is 1. The minimum atomic E-state index is -0.443. The molecule has 0 aliphatic carbocycles. The van der Waals surface area contributed by atoms with Crippen molar-refractivity contribution in [1.82, 2.24) is 0 Å². The summed E-state index contributed by atoms with van der Waals surface area (Å²) in [5, 5.41) is 8.92. The SMILES string of the molecule is C/C(=C\CC/C(C)=C/Cc1cc(C(N)=O)ccc1N)CO. The second-order valence-electron chi connectivity index (χ2n) is 5.28. The van der Waals surface area contributed by atoms with Crippen LogP contribution in [-0.4, -0.2) is 17.6 Å². The molecule has 1 aromatic carbocycles. The lowest BCUT2D eigenvalue weighted by atomic mass is 10.0. The van der Waals surface area contributed by atoms with Gasteiger partial charge >= 0.3 is 0 Å². The highest BCUT2D eigenvalue weighted by Crippen LogP contribution is 2.17. The van der Waals surface area contributed by atoms with E-state index in [1.165, 1.54) is 5.57 Å². The summed E-state index contributed by atoms with van der Waals surface area (Å²) >= 11 is 0. The summed E-state index contributed by atoms with van der Waals surface area (Å²) in [5.41, 5.74) is 15.5. The van der Waals surface area contributed by atoms with Gasteiger partial charge in [0.25, 0.3) is 0 Å². The molecule has 0 aliphatic heterocycles. The van der Waals surface area contributed by atoms with Crippen LogP contribution in [-0.2, 0) is 6.42 Å². The number of allylic oxidation sites excluding steroid dienone is 3. The molecule has 0 aromatic heterocycles. The van der Waals surface area contributed by atoms with Gasteiger partial charge in [-0.05, 0) is 56.9 Å². The number of aliphatic hydroxyl groups is 1. The first kappa shape index (κ1) is 17.0. The minimum absolute atomic E-state index is 0.110. The number of aliphatic hydroxyl groups excluding tert-OH is 1. The largest absolute Gasteiger partial charge is 0.398 e. The van der Waals surface area contributed by atoms with Crippen molar-refractivity contribution in [3.8, 4) is 0 Å². The van der Waals surface area contributed by atoms with Gasteiger partial charge < -0.3 is 16.6 Å². The zero-order valence-corrected chi connectivity index (χ0v) is 12.7. The molecule has 1 rings (SSSR count). The van der Waals surface area contributed by atoms with Crippen LogP contribution in [0, 0.1) is 0 Å². The van der Waals surface area contributed by atoms with E-state index in [1.807, 2.05) is 13.0 Å². The zero-order chi connectivity index (χ0) is 15.8. The van der Waals surface area contributed by atoms with Crippen molar-refractivity contribution in [2.45, 2.75) is 33.1 Å². The van der Waals surface area contributed by atoms with Crippen LogP contribution < -0.4 is 11.5 Å². The molecule has 0 aliphatic rings. The molecule has 21 heavy (non-hydrogen) atoms. The standard InChI is InChI=1S/C17H24N2O2/c1-12(4-3-5-13(2)11-20)6-7-14-10-15(17(19)21)8-9-16(14)18/h5-6,8-10,20H,3-4,7,11,18H2,1-2H3,(H2,19,21)/b12-6+,13-5+. The lowest BCUT2D eigenvalue weighted by Gasteiger charge is -2.06. The summed E-state index contributed by atoms with van der Waals surface area (Å²) in [6.07, 6.45) is 6.68. The Bertz CT molecular complexity index is 560. The van der Waals surface area contributed by atoms with Crippen molar-refractivity contribution in [2.75, 3.05) is 12.3 Å². The lowest BCUT2D eigenvalue weighted by molar-refractivity contribution is 0.1000. The first-order valence-corrected chi connectivity index (χ1v) is 7.04. The van der Waals surface area contributed by atoms with Crippen molar-refractivity contribution in [3.63, 3.8) is 0 Å². The van der Waals surface area contributed by atoms with Crippen LogP contribution >= 0.6 is 0 Å². The van der Waals surface area contributed by atoms with Crippen LogP contribution in [0.1, 0.15) is 42.6 Å². The van der Waals surface area contributed by atoms with E-state index in [0.717, 1.165) is 24.0 Å². The van der Waals surface area contributed by atoms with Gasteiger partial charge in [0.1, 0.15) is 0 Å². The number of anilines is 1. The molecule has 0 spiro atoms. The maximum absolute atomic E-state index is 11.2. The van der Waals surface area contributed by atoms with Gasteiger partial charge in [-0.15, -0.1) is 0 Å². The highest BCUT2D eigenvalue weighted by Gasteiger charge is 2.04. The number of hydrogen-bond donors (Lipinski definition) is 3. The summed E-state index contributed by atoms with van der Waals surface area (Å²) in [6, 6.07) is 5.10. The zero-order valence-electron chi connectivity index (χ0n) is 12.7. The molecule has 0 heterocycles. The first-order chi connectivity index (χ1) is 9.93. The predicted octanol–water partition coefficient (Wildman–Crippen LogP) is 2.58. The van der Waals surface area contributed by atoms with Gasteiger partial charge in [-0.1, -0.05) is 23.3 Å². The Morgan fingerprint density at radius 2 is 1.95 bits per heavy atom. The molecule has 0 unspecified atom stereocenters. The van der Waals surface area contributed by atoms with Crippen LogP contribution in [0.4, 0.5) is 5.69 Å². The Morgan fingerprint density at radius 3 is 2.57 bits per heavy atom. The van der Waals surface area contributed by atoms with Crippen molar-refractivity contribution < 1.29 is 9.90 Å². The normalized spacial score (nSPS) is 12.5. The molecule has 114 valence electrons. The third-order valence-electron chi connectivity index (χ3n) is 3.38. The average molecular weight is 288 g/mol. The van der Waals surface area contributed by atoms with Gasteiger partial charge in [0.15, 0.2) is 0 Å². The van der Waals surface area contributed by atoms with Gasteiger partial charge in [0, 0.05) is 11.3 Å². The van der Waals surface area contributed by atoms with E-state index in [4.69, 9.17) is 16.6 Å². The smallest absolute Gasteiger partial charge is 0.248 e. The molecule has 1 amide bonds. The van der Waals surface area contributed by atoms with E-state index in [1.54, 1.807) is 18.2 Å². The molecule has 0 bridgehead atoms. The number of nitrogen functional groups attached to an aromatic ring is 1. The van der Waals surface area contributed by atoms with Gasteiger partial charge in [-0.25, -0.2) is 0 Å². The number of benzene rings is 1. The number of nitrogens with two attached hydrogens (primary N) is 2. The van der Waals surface area contributed by atoms with Crippen LogP contribution in [0.5, 0.6) is 0 Å². The van der Waals surface area contributed by atoms with E-state index in [9.17, 15) is 4.79 Å². The Kier molecular flexibility index (Phi) is 6.69. The second kappa shape index (κ2) is 8.27. The number of primary amides is 1. The molecule has 0 saturated heterocycles.